The van der Waals surface area contributed by atoms with Gasteiger partial charge in [-0.05, 0) is 38.4 Å². The van der Waals surface area contributed by atoms with E-state index in [0.717, 1.165) is 13.1 Å². The van der Waals surface area contributed by atoms with E-state index >= 15 is 0 Å². The van der Waals surface area contributed by atoms with Crippen molar-refractivity contribution in [2.24, 2.45) is 5.92 Å². The molecule has 1 aliphatic rings. The predicted molar refractivity (Wildman–Crippen MR) is 65.5 cm³/mol. The van der Waals surface area contributed by atoms with E-state index in [4.69, 9.17) is 5.26 Å². The van der Waals surface area contributed by atoms with E-state index in [-0.39, 0.29) is 0 Å². The molecule has 1 aromatic heterocycles. The summed E-state index contributed by atoms with van der Waals surface area (Å²) in [4.78, 5) is 2.34. The Balaban J connectivity index is 1.91. The topological polar surface area (TPSA) is 64.8 Å². The maximum absolute atomic E-state index is 8.93. The summed E-state index contributed by atoms with van der Waals surface area (Å²) >= 11 is 0. The quantitative estimate of drug-likeness (QED) is 0.844. The maximum Gasteiger partial charge on any atom is 0.166 e. The predicted octanol–water partition coefficient (Wildman–Crippen LogP) is 1.10. The van der Waals surface area contributed by atoms with Gasteiger partial charge in [0.05, 0.1) is 11.8 Å². The van der Waals surface area contributed by atoms with Gasteiger partial charge in [0.15, 0.2) is 5.82 Å². The second kappa shape index (κ2) is 5.60. The van der Waals surface area contributed by atoms with Gasteiger partial charge in [0.2, 0.25) is 0 Å². The van der Waals surface area contributed by atoms with Gasteiger partial charge in [-0.3, -0.25) is 0 Å². The fraction of sp³-hybridized carbons (Fsp3) is 0.583. The van der Waals surface area contributed by atoms with Crippen molar-refractivity contribution in [1.82, 2.24) is 15.1 Å². The Hall–Kier alpha value is -1.67. The van der Waals surface area contributed by atoms with Gasteiger partial charge in [-0.15, -0.1) is 5.10 Å². The number of anilines is 1. The molecule has 0 amide bonds. The molecule has 1 atom stereocenters. The largest absolute Gasteiger partial charge is 0.367 e. The minimum Gasteiger partial charge on any atom is -0.367 e. The number of nitriles is 1. The fourth-order valence-corrected chi connectivity index (χ4v) is 2.23. The van der Waals surface area contributed by atoms with Crippen LogP contribution in [0.1, 0.15) is 18.4 Å². The fourth-order valence-electron chi connectivity index (χ4n) is 2.23. The Morgan fingerprint density at radius 2 is 2.53 bits per heavy atom. The van der Waals surface area contributed by atoms with Gasteiger partial charge < -0.3 is 10.2 Å². The van der Waals surface area contributed by atoms with Gasteiger partial charge in [-0.25, -0.2) is 0 Å². The lowest BCUT2D eigenvalue weighted by Gasteiger charge is -2.29. The van der Waals surface area contributed by atoms with Crippen LogP contribution in [0.2, 0.25) is 0 Å². The lowest BCUT2D eigenvalue weighted by Crippen LogP contribution is -2.35. The molecule has 0 aliphatic carbocycles. The molecule has 2 heterocycles. The average Bonchev–Trinajstić information content (AvgIpc) is 2.37. The third-order valence-electron chi connectivity index (χ3n) is 3.12. The molecule has 0 spiro atoms. The molecule has 5 nitrogen and oxygen atoms in total. The first-order chi connectivity index (χ1) is 8.29. The van der Waals surface area contributed by atoms with Crippen LogP contribution in [0.5, 0.6) is 0 Å². The Morgan fingerprint density at radius 1 is 1.65 bits per heavy atom. The Labute approximate surface area is 101 Å². The molecule has 1 aliphatic heterocycles. The van der Waals surface area contributed by atoms with Gasteiger partial charge in [0.25, 0.3) is 0 Å². The molecule has 0 saturated carbocycles. The number of nitrogens with one attached hydrogen (secondary N) is 1. The summed E-state index contributed by atoms with van der Waals surface area (Å²) in [5.74, 6) is 1.23. The van der Waals surface area contributed by atoms with Crippen LogP contribution in [0.3, 0.4) is 0 Å². The number of piperidine rings is 1. The SMILES string of the molecule is CN1CCCC(CNc2nnccc2C#N)C1. The lowest BCUT2D eigenvalue weighted by molar-refractivity contribution is 0.217. The van der Waals surface area contributed by atoms with Crippen LogP contribution in [0.25, 0.3) is 0 Å². The molecule has 1 fully saturated rings. The summed E-state index contributed by atoms with van der Waals surface area (Å²) in [6.07, 6.45) is 4.02. The van der Waals surface area contributed by atoms with Crippen molar-refractivity contribution in [2.75, 3.05) is 32.0 Å². The summed E-state index contributed by atoms with van der Waals surface area (Å²) in [5.41, 5.74) is 0.559. The van der Waals surface area contributed by atoms with Crippen molar-refractivity contribution in [1.29, 1.82) is 5.26 Å². The number of likely N-dealkylation sites (tertiary alicyclic amines) is 1. The van der Waals surface area contributed by atoms with Gasteiger partial charge >= 0.3 is 0 Å². The van der Waals surface area contributed by atoms with Crippen LogP contribution in [0, 0.1) is 17.2 Å². The van der Waals surface area contributed by atoms with Crippen LogP contribution in [-0.4, -0.2) is 41.8 Å². The summed E-state index contributed by atoms with van der Waals surface area (Å²) in [5, 5.41) is 19.9. The van der Waals surface area contributed by atoms with Crippen molar-refractivity contribution >= 4 is 5.82 Å². The van der Waals surface area contributed by atoms with E-state index in [2.05, 4.69) is 33.5 Å². The smallest absolute Gasteiger partial charge is 0.166 e. The molecule has 0 radical (unpaired) electrons. The first-order valence-electron chi connectivity index (χ1n) is 5.94. The van der Waals surface area contributed by atoms with Crippen molar-refractivity contribution in [2.45, 2.75) is 12.8 Å². The molecule has 5 heteroatoms. The van der Waals surface area contributed by atoms with Crippen LogP contribution in [-0.2, 0) is 0 Å². The Bertz CT molecular complexity index is 412. The highest BCUT2D eigenvalue weighted by molar-refractivity contribution is 5.50. The van der Waals surface area contributed by atoms with E-state index < -0.39 is 0 Å². The molecule has 0 aromatic carbocycles. The number of aromatic nitrogens is 2. The molecular formula is C12H17N5. The van der Waals surface area contributed by atoms with Crippen molar-refractivity contribution < 1.29 is 0 Å². The van der Waals surface area contributed by atoms with E-state index in [1.807, 2.05) is 0 Å². The van der Waals surface area contributed by atoms with Crippen LogP contribution < -0.4 is 5.32 Å². The van der Waals surface area contributed by atoms with Crippen LogP contribution in [0.15, 0.2) is 12.3 Å². The molecule has 0 bridgehead atoms. The summed E-state index contributed by atoms with van der Waals surface area (Å²) in [6.45, 7) is 3.15. The highest BCUT2D eigenvalue weighted by atomic mass is 15.2. The first-order valence-corrected chi connectivity index (χ1v) is 5.94. The molecule has 17 heavy (non-hydrogen) atoms. The van der Waals surface area contributed by atoms with Crippen molar-refractivity contribution in [3.05, 3.63) is 17.8 Å². The number of rotatable bonds is 3. The van der Waals surface area contributed by atoms with Crippen LogP contribution >= 0.6 is 0 Å². The van der Waals surface area contributed by atoms with E-state index in [0.29, 0.717) is 17.3 Å². The molecule has 2 rings (SSSR count). The van der Waals surface area contributed by atoms with Crippen molar-refractivity contribution in [3.63, 3.8) is 0 Å². The molecule has 1 aromatic rings. The van der Waals surface area contributed by atoms with Crippen molar-refractivity contribution in [3.8, 4) is 6.07 Å². The number of hydrogen-bond donors (Lipinski definition) is 1. The summed E-state index contributed by atoms with van der Waals surface area (Å²) in [6, 6.07) is 3.80. The zero-order chi connectivity index (χ0) is 12.1. The van der Waals surface area contributed by atoms with Gasteiger partial charge in [0.1, 0.15) is 6.07 Å². The molecule has 1 N–H and O–H groups in total. The third kappa shape index (κ3) is 3.14. The average molecular weight is 231 g/mol. The third-order valence-corrected chi connectivity index (χ3v) is 3.12. The Kier molecular flexibility index (Phi) is 3.89. The van der Waals surface area contributed by atoms with Gasteiger partial charge in [-0.2, -0.15) is 10.4 Å². The minimum absolute atomic E-state index is 0.559. The van der Waals surface area contributed by atoms with E-state index in [1.54, 1.807) is 6.07 Å². The highest BCUT2D eigenvalue weighted by Gasteiger charge is 2.17. The highest BCUT2D eigenvalue weighted by Crippen LogP contribution is 2.16. The normalized spacial score (nSPS) is 20.8. The Morgan fingerprint density at radius 3 is 3.29 bits per heavy atom. The monoisotopic (exact) mass is 231 g/mol. The lowest BCUT2D eigenvalue weighted by atomic mass is 9.98. The number of nitrogens with zero attached hydrogens (tertiary/aromatic N) is 4. The summed E-state index contributed by atoms with van der Waals surface area (Å²) < 4.78 is 0. The second-order valence-corrected chi connectivity index (χ2v) is 4.56. The van der Waals surface area contributed by atoms with Crippen LogP contribution in [0.4, 0.5) is 5.82 Å². The molecule has 1 unspecified atom stereocenters. The van der Waals surface area contributed by atoms with Gasteiger partial charge in [0, 0.05) is 13.1 Å². The summed E-state index contributed by atoms with van der Waals surface area (Å²) in [7, 11) is 2.15. The zero-order valence-electron chi connectivity index (χ0n) is 10.1. The number of hydrogen-bond acceptors (Lipinski definition) is 5. The van der Waals surface area contributed by atoms with Gasteiger partial charge in [-0.1, -0.05) is 0 Å². The molecule has 1 saturated heterocycles. The molecule has 90 valence electrons. The standard InChI is InChI=1S/C12H17N5/c1-17-6-2-3-10(9-17)8-14-12-11(7-13)4-5-15-16-12/h4-5,10H,2-3,6,8-9H2,1H3,(H,14,16). The minimum atomic E-state index is 0.559. The second-order valence-electron chi connectivity index (χ2n) is 4.56. The maximum atomic E-state index is 8.93. The molecular weight excluding hydrogens is 214 g/mol. The zero-order valence-corrected chi connectivity index (χ0v) is 10.1. The van der Waals surface area contributed by atoms with E-state index in [1.165, 1.54) is 25.6 Å². The van der Waals surface area contributed by atoms with E-state index in [9.17, 15) is 0 Å². The first kappa shape index (κ1) is 11.8.